The summed E-state index contributed by atoms with van der Waals surface area (Å²) < 4.78 is 0. The molecule has 3 rings (SSSR count). The molecule has 1 aliphatic heterocycles. The lowest BCUT2D eigenvalue weighted by atomic mass is 9.78. The second-order valence-electron chi connectivity index (χ2n) is 6.45. The smallest absolute Gasteiger partial charge is 0.334 e. The molecule has 0 spiro atoms. The van der Waals surface area contributed by atoms with Gasteiger partial charge in [-0.2, -0.15) is 0 Å². The second kappa shape index (κ2) is 7.85. The van der Waals surface area contributed by atoms with Crippen LogP contribution in [-0.2, 0) is 9.59 Å². The molecule has 28 heavy (non-hydrogen) atoms. The number of aliphatic carboxylic acids is 2. The molecule has 1 aliphatic rings. The quantitative estimate of drug-likeness (QED) is 0.717. The van der Waals surface area contributed by atoms with Crippen LogP contribution in [0.1, 0.15) is 36.5 Å². The van der Waals surface area contributed by atoms with E-state index < -0.39 is 17.9 Å². The first-order valence-electron chi connectivity index (χ1n) is 8.71. The first-order chi connectivity index (χ1) is 13.4. The summed E-state index contributed by atoms with van der Waals surface area (Å²) in [5.74, 6) is 2.89. The van der Waals surface area contributed by atoms with Crippen molar-refractivity contribution in [1.82, 2.24) is 5.32 Å². The Balaban J connectivity index is 2.20. The number of allylic oxidation sites excluding steroid dienone is 2. The predicted octanol–water partition coefficient (Wildman–Crippen LogP) is 3.49. The number of rotatable bonds is 3. The van der Waals surface area contributed by atoms with Gasteiger partial charge in [-0.25, -0.2) is 9.59 Å². The average Bonchev–Trinajstić information content (AvgIpc) is 2.66. The monoisotopic (exact) mass is 373 g/mol. The van der Waals surface area contributed by atoms with Gasteiger partial charge in [0.05, 0.1) is 17.1 Å². The highest BCUT2D eigenvalue weighted by molar-refractivity contribution is 5.98. The SMILES string of the molecule is CC1=C(C(=O)O)C(c2ccccc2C#Cc2ccccc2)C(C(=O)O)=C(C)N1. The number of carboxylic acid groups (broad SMARTS) is 2. The van der Waals surface area contributed by atoms with Crippen LogP contribution >= 0.6 is 0 Å². The van der Waals surface area contributed by atoms with Crippen LogP contribution in [0.15, 0.2) is 77.1 Å². The zero-order valence-corrected chi connectivity index (χ0v) is 15.5. The molecule has 0 saturated heterocycles. The molecule has 2 aromatic carbocycles. The summed E-state index contributed by atoms with van der Waals surface area (Å²) in [6.45, 7) is 3.27. The van der Waals surface area contributed by atoms with Crippen molar-refractivity contribution in [3.8, 4) is 11.8 Å². The third-order valence-electron chi connectivity index (χ3n) is 4.61. The van der Waals surface area contributed by atoms with Crippen LogP contribution in [0.2, 0.25) is 0 Å². The van der Waals surface area contributed by atoms with E-state index >= 15 is 0 Å². The fourth-order valence-electron chi connectivity index (χ4n) is 3.40. The molecular weight excluding hydrogens is 354 g/mol. The minimum Gasteiger partial charge on any atom is -0.478 e. The largest absolute Gasteiger partial charge is 0.478 e. The zero-order valence-electron chi connectivity index (χ0n) is 15.5. The van der Waals surface area contributed by atoms with Gasteiger partial charge in [-0.3, -0.25) is 0 Å². The summed E-state index contributed by atoms with van der Waals surface area (Å²) >= 11 is 0. The molecular formula is C23H19NO4. The van der Waals surface area contributed by atoms with Gasteiger partial charge < -0.3 is 15.5 Å². The van der Waals surface area contributed by atoms with Crippen molar-refractivity contribution in [2.75, 3.05) is 0 Å². The van der Waals surface area contributed by atoms with E-state index in [9.17, 15) is 19.8 Å². The van der Waals surface area contributed by atoms with E-state index in [-0.39, 0.29) is 11.1 Å². The van der Waals surface area contributed by atoms with E-state index in [0.717, 1.165) is 5.56 Å². The Hall–Kier alpha value is -3.78. The van der Waals surface area contributed by atoms with E-state index in [0.29, 0.717) is 22.5 Å². The highest BCUT2D eigenvalue weighted by atomic mass is 16.4. The van der Waals surface area contributed by atoms with Gasteiger partial charge in [0.2, 0.25) is 0 Å². The second-order valence-corrected chi connectivity index (χ2v) is 6.45. The lowest BCUT2D eigenvalue weighted by Crippen LogP contribution is -2.31. The third-order valence-corrected chi connectivity index (χ3v) is 4.61. The number of carboxylic acids is 2. The molecule has 0 atom stereocenters. The molecule has 140 valence electrons. The Bertz CT molecular complexity index is 1030. The summed E-state index contributed by atoms with van der Waals surface area (Å²) in [6.07, 6.45) is 0. The van der Waals surface area contributed by atoms with Gasteiger partial charge >= 0.3 is 11.9 Å². The van der Waals surface area contributed by atoms with Crippen molar-refractivity contribution in [2.24, 2.45) is 0 Å². The van der Waals surface area contributed by atoms with Crippen LogP contribution in [0.5, 0.6) is 0 Å². The highest BCUT2D eigenvalue weighted by Gasteiger charge is 2.37. The zero-order chi connectivity index (χ0) is 20.3. The molecule has 0 aliphatic carbocycles. The van der Waals surface area contributed by atoms with Gasteiger partial charge in [0.15, 0.2) is 0 Å². The fraction of sp³-hybridized carbons (Fsp3) is 0.130. The molecule has 2 aromatic rings. The number of nitrogens with one attached hydrogen (secondary N) is 1. The fourth-order valence-corrected chi connectivity index (χ4v) is 3.40. The van der Waals surface area contributed by atoms with Crippen LogP contribution in [0, 0.1) is 11.8 Å². The van der Waals surface area contributed by atoms with E-state index in [1.807, 2.05) is 30.3 Å². The van der Waals surface area contributed by atoms with E-state index in [1.165, 1.54) is 0 Å². The number of dihydropyridines is 1. The van der Waals surface area contributed by atoms with Crippen molar-refractivity contribution in [1.29, 1.82) is 0 Å². The highest BCUT2D eigenvalue weighted by Crippen LogP contribution is 2.39. The van der Waals surface area contributed by atoms with Crippen LogP contribution in [-0.4, -0.2) is 22.2 Å². The number of hydrogen-bond donors (Lipinski definition) is 3. The minimum atomic E-state index is -1.16. The number of carbonyl (C=O) groups is 2. The Morgan fingerprint density at radius 1 is 0.821 bits per heavy atom. The summed E-state index contributed by atoms with van der Waals surface area (Å²) in [5, 5.41) is 22.4. The van der Waals surface area contributed by atoms with Crippen molar-refractivity contribution in [3.05, 3.63) is 93.8 Å². The maximum absolute atomic E-state index is 12.0. The Morgan fingerprint density at radius 2 is 1.36 bits per heavy atom. The topological polar surface area (TPSA) is 86.6 Å². The Morgan fingerprint density at radius 3 is 1.93 bits per heavy atom. The van der Waals surface area contributed by atoms with E-state index in [2.05, 4.69) is 17.2 Å². The van der Waals surface area contributed by atoms with Gasteiger partial charge in [0.25, 0.3) is 0 Å². The van der Waals surface area contributed by atoms with Gasteiger partial charge in [-0.1, -0.05) is 48.2 Å². The van der Waals surface area contributed by atoms with Crippen molar-refractivity contribution >= 4 is 11.9 Å². The molecule has 0 aromatic heterocycles. The van der Waals surface area contributed by atoms with Gasteiger partial charge in [-0.05, 0) is 37.6 Å². The molecule has 1 heterocycles. The molecule has 3 N–H and O–H groups in total. The lowest BCUT2D eigenvalue weighted by Gasteiger charge is -2.29. The van der Waals surface area contributed by atoms with Crippen molar-refractivity contribution < 1.29 is 19.8 Å². The van der Waals surface area contributed by atoms with E-state index in [1.54, 1.807) is 38.1 Å². The van der Waals surface area contributed by atoms with Gasteiger partial charge in [0.1, 0.15) is 0 Å². The molecule has 5 nitrogen and oxygen atoms in total. The summed E-state index contributed by atoms with van der Waals surface area (Å²) in [6, 6.07) is 16.5. The van der Waals surface area contributed by atoms with Gasteiger partial charge in [0, 0.05) is 22.5 Å². The molecule has 0 radical (unpaired) electrons. The predicted molar refractivity (Wildman–Crippen MR) is 105 cm³/mol. The van der Waals surface area contributed by atoms with Crippen LogP contribution in [0.4, 0.5) is 0 Å². The summed E-state index contributed by atoms with van der Waals surface area (Å²) in [5.41, 5.74) is 2.83. The molecule has 0 unspecified atom stereocenters. The van der Waals surface area contributed by atoms with Crippen LogP contribution < -0.4 is 5.32 Å². The standard InChI is InChI=1S/C23H19NO4/c1-14-19(22(25)26)21(20(23(27)28)15(2)24-14)18-11-7-6-10-17(18)13-12-16-8-4-3-5-9-16/h3-11,21,24H,1-2H3,(H,25,26)(H,27,28). The first kappa shape index (κ1) is 19.0. The lowest BCUT2D eigenvalue weighted by molar-refractivity contribution is -0.133. The van der Waals surface area contributed by atoms with E-state index in [4.69, 9.17) is 0 Å². The number of hydrogen-bond acceptors (Lipinski definition) is 3. The maximum Gasteiger partial charge on any atom is 0.334 e. The molecule has 0 saturated carbocycles. The molecule has 0 bridgehead atoms. The van der Waals surface area contributed by atoms with Crippen LogP contribution in [0.25, 0.3) is 0 Å². The van der Waals surface area contributed by atoms with Crippen molar-refractivity contribution in [3.63, 3.8) is 0 Å². The van der Waals surface area contributed by atoms with Crippen molar-refractivity contribution in [2.45, 2.75) is 19.8 Å². The Kier molecular flexibility index (Phi) is 5.32. The molecule has 0 amide bonds. The minimum absolute atomic E-state index is 0.0111. The molecule has 0 fully saturated rings. The summed E-state index contributed by atoms with van der Waals surface area (Å²) in [7, 11) is 0. The number of benzene rings is 2. The normalized spacial score (nSPS) is 14.2. The molecule has 5 heteroatoms. The summed E-state index contributed by atoms with van der Waals surface area (Å²) in [4.78, 5) is 23.9. The Labute approximate surface area is 163 Å². The van der Waals surface area contributed by atoms with Gasteiger partial charge in [-0.15, -0.1) is 0 Å². The van der Waals surface area contributed by atoms with Crippen LogP contribution in [0.3, 0.4) is 0 Å². The third kappa shape index (κ3) is 3.67. The average molecular weight is 373 g/mol. The first-order valence-corrected chi connectivity index (χ1v) is 8.71. The maximum atomic E-state index is 12.0.